The largest absolute Gasteiger partial charge is 0.389 e. The fourth-order valence-electron chi connectivity index (χ4n) is 1.54. The van der Waals surface area contributed by atoms with Crippen molar-refractivity contribution in [2.45, 2.75) is 12.2 Å². The Morgan fingerprint density at radius 2 is 1.94 bits per heavy atom. The number of hydrogen-bond donors (Lipinski definition) is 3. The Morgan fingerprint density at radius 1 is 1.28 bits per heavy atom. The topological polar surface area (TPSA) is 85.5 Å². The smallest absolute Gasteiger partial charge is 0.0991 e. The average Bonchev–Trinajstić information content (AvgIpc) is 2.39. The van der Waals surface area contributed by atoms with Gasteiger partial charge in [0.2, 0.25) is 0 Å². The first-order valence-electron chi connectivity index (χ1n) is 5.73. The Hall–Kier alpha value is -1.45. The van der Waals surface area contributed by atoms with Gasteiger partial charge in [0.05, 0.1) is 30.4 Å². The minimum atomic E-state index is -0.660. The molecule has 5 heteroatoms. The molecule has 1 aromatic rings. The lowest BCUT2D eigenvalue weighted by Crippen LogP contribution is -2.32. The molecule has 0 amide bonds. The summed E-state index contributed by atoms with van der Waals surface area (Å²) in [7, 11) is 1.52. The van der Waals surface area contributed by atoms with Crippen molar-refractivity contribution in [3.05, 3.63) is 35.4 Å². The number of nitriles is 1. The molecule has 0 aromatic heterocycles. The van der Waals surface area contributed by atoms with Crippen LogP contribution in [-0.4, -0.2) is 43.1 Å². The number of benzene rings is 1. The van der Waals surface area contributed by atoms with E-state index in [4.69, 9.17) is 10.00 Å². The van der Waals surface area contributed by atoms with E-state index in [0.29, 0.717) is 18.7 Å². The molecule has 0 aliphatic rings. The normalized spacial score (nSPS) is 13.9. The molecule has 0 fully saturated rings. The number of aliphatic hydroxyl groups excluding tert-OH is 2. The van der Waals surface area contributed by atoms with Crippen molar-refractivity contribution < 1.29 is 14.9 Å². The van der Waals surface area contributed by atoms with Gasteiger partial charge in [-0.05, 0) is 17.7 Å². The van der Waals surface area contributed by atoms with Crippen LogP contribution in [0.1, 0.15) is 17.2 Å². The number of nitrogens with zero attached hydrogens (tertiary/aromatic N) is 1. The maximum Gasteiger partial charge on any atom is 0.0991 e. The summed E-state index contributed by atoms with van der Waals surface area (Å²) in [5, 5.41) is 30.9. The summed E-state index contributed by atoms with van der Waals surface area (Å²) in [4.78, 5) is 0. The Labute approximate surface area is 107 Å². The minimum Gasteiger partial charge on any atom is -0.389 e. The number of ether oxygens (including phenoxy) is 1. The maximum absolute atomic E-state index is 9.87. The SMILES string of the molecule is COCC(O)CNCC(O)c1ccc(C#N)cc1. The zero-order valence-electron chi connectivity index (χ0n) is 10.3. The van der Waals surface area contributed by atoms with Gasteiger partial charge in [0, 0.05) is 20.2 Å². The third-order valence-electron chi connectivity index (χ3n) is 2.50. The van der Waals surface area contributed by atoms with Crippen LogP contribution >= 0.6 is 0 Å². The Bertz CT molecular complexity index is 386. The Balaban J connectivity index is 2.36. The first-order valence-corrected chi connectivity index (χ1v) is 5.73. The summed E-state index contributed by atoms with van der Waals surface area (Å²) < 4.78 is 4.79. The number of nitrogens with one attached hydrogen (secondary N) is 1. The standard InChI is InChI=1S/C13H18N2O3/c1-18-9-12(16)7-15-8-13(17)11-4-2-10(6-14)3-5-11/h2-5,12-13,15-17H,7-9H2,1H3. The number of methoxy groups -OCH3 is 1. The molecule has 3 N–H and O–H groups in total. The molecule has 5 nitrogen and oxygen atoms in total. The van der Waals surface area contributed by atoms with Crippen molar-refractivity contribution in [2.24, 2.45) is 0 Å². The van der Waals surface area contributed by atoms with Crippen LogP contribution in [0.2, 0.25) is 0 Å². The molecule has 2 unspecified atom stereocenters. The van der Waals surface area contributed by atoms with Gasteiger partial charge in [-0.25, -0.2) is 0 Å². The van der Waals surface area contributed by atoms with Gasteiger partial charge in [-0.1, -0.05) is 12.1 Å². The molecule has 0 bridgehead atoms. The average molecular weight is 250 g/mol. The van der Waals surface area contributed by atoms with Crippen LogP contribution in [0.15, 0.2) is 24.3 Å². The number of rotatable bonds is 7. The molecule has 2 atom stereocenters. The van der Waals surface area contributed by atoms with Gasteiger partial charge in [0.15, 0.2) is 0 Å². The second kappa shape index (κ2) is 7.80. The zero-order valence-corrected chi connectivity index (χ0v) is 10.3. The molecule has 0 spiro atoms. The molecule has 1 rings (SSSR count). The van der Waals surface area contributed by atoms with E-state index in [-0.39, 0.29) is 6.61 Å². The monoisotopic (exact) mass is 250 g/mol. The van der Waals surface area contributed by atoms with Crippen LogP contribution in [0.4, 0.5) is 0 Å². The van der Waals surface area contributed by atoms with Gasteiger partial charge < -0.3 is 20.3 Å². The lowest BCUT2D eigenvalue weighted by molar-refractivity contribution is 0.0616. The van der Waals surface area contributed by atoms with E-state index < -0.39 is 12.2 Å². The molecule has 0 saturated heterocycles. The van der Waals surface area contributed by atoms with Crippen molar-refractivity contribution in [3.8, 4) is 6.07 Å². The minimum absolute atomic E-state index is 0.264. The van der Waals surface area contributed by atoms with Crippen molar-refractivity contribution >= 4 is 0 Å². The summed E-state index contributed by atoms with van der Waals surface area (Å²) in [6, 6.07) is 8.79. The van der Waals surface area contributed by atoms with E-state index >= 15 is 0 Å². The molecule has 98 valence electrons. The lowest BCUT2D eigenvalue weighted by Gasteiger charge is -2.14. The van der Waals surface area contributed by atoms with E-state index in [1.54, 1.807) is 24.3 Å². The molecule has 0 heterocycles. The summed E-state index contributed by atoms with van der Waals surface area (Å²) >= 11 is 0. The van der Waals surface area contributed by atoms with Crippen molar-refractivity contribution in [1.82, 2.24) is 5.32 Å². The van der Waals surface area contributed by atoms with Crippen LogP contribution in [0.5, 0.6) is 0 Å². The van der Waals surface area contributed by atoms with Gasteiger partial charge in [-0.2, -0.15) is 5.26 Å². The van der Waals surface area contributed by atoms with Crippen LogP contribution in [-0.2, 0) is 4.74 Å². The predicted molar refractivity (Wildman–Crippen MR) is 66.9 cm³/mol. The fraction of sp³-hybridized carbons (Fsp3) is 0.462. The molecule has 0 aliphatic heterocycles. The van der Waals surface area contributed by atoms with Gasteiger partial charge >= 0.3 is 0 Å². The van der Waals surface area contributed by atoms with Gasteiger partial charge in [0.1, 0.15) is 0 Å². The molecule has 0 saturated carbocycles. The third-order valence-corrected chi connectivity index (χ3v) is 2.50. The number of aliphatic hydroxyl groups is 2. The van der Waals surface area contributed by atoms with E-state index in [9.17, 15) is 10.2 Å². The predicted octanol–water partition coefficient (Wildman–Crippen LogP) is 0.189. The highest BCUT2D eigenvalue weighted by Gasteiger charge is 2.08. The lowest BCUT2D eigenvalue weighted by atomic mass is 10.1. The molecular weight excluding hydrogens is 232 g/mol. The van der Waals surface area contributed by atoms with Crippen LogP contribution < -0.4 is 5.32 Å². The van der Waals surface area contributed by atoms with Crippen LogP contribution in [0.3, 0.4) is 0 Å². The second-order valence-electron chi connectivity index (χ2n) is 4.02. The van der Waals surface area contributed by atoms with Crippen LogP contribution in [0, 0.1) is 11.3 Å². The molecule has 0 radical (unpaired) electrons. The second-order valence-corrected chi connectivity index (χ2v) is 4.02. The van der Waals surface area contributed by atoms with Crippen molar-refractivity contribution in [2.75, 3.05) is 26.8 Å². The highest BCUT2D eigenvalue weighted by atomic mass is 16.5. The highest BCUT2D eigenvalue weighted by molar-refractivity contribution is 5.32. The summed E-state index contributed by atoms with van der Waals surface area (Å²) in [5.74, 6) is 0. The van der Waals surface area contributed by atoms with E-state index in [2.05, 4.69) is 5.32 Å². The van der Waals surface area contributed by atoms with E-state index in [1.807, 2.05) is 6.07 Å². The summed E-state index contributed by atoms with van der Waals surface area (Å²) in [6.45, 7) is 0.966. The summed E-state index contributed by atoms with van der Waals surface area (Å²) in [5.41, 5.74) is 1.30. The van der Waals surface area contributed by atoms with Crippen LogP contribution in [0.25, 0.3) is 0 Å². The fourth-order valence-corrected chi connectivity index (χ4v) is 1.54. The molecule has 1 aromatic carbocycles. The first-order chi connectivity index (χ1) is 8.67. The maximum atomic E-state index is 9.87. The molecular formula is C13H18N2O3. The molecule has 0 aliphatic carbocycles. The third kappa shape index (κ3) is 4.82. The quantitative estimate of drug-likeness (QED) is 0.643. The van der Waals surface area contributed by atoms with Gasteiger partial charge in [-0.15, -0.1) is 0 Å². The first kappa shape index (κ1) is 14.6. The Kier molecular flexibility index (Phi) is 6.33. The number of hydrogen-bond acceptors (Lipinski definition) is 5. The summed E-state index contributed by atoms with van der Waals surface area (Å²) in [6.07, 6.45) is -1.24. The van der Waals surface area contributed by atoms with Crippen molar-refractivity contribution in [3.63, 3.8) is 0 Å². The van der Waals surface area contributed by atoms with Gasteiger partial charge in [0.25, 0.3) is 0 Å². The molecule has 18 heavy (non-hydrogen) atoms. The van der Waals surface area contributed by atoms with E-state index in [0.717, 1.165) is 5.56 Å². The van der Waals surface area contributed by atoms with E-state index in [1.165, 1.54) is 7.11 Å². The Morgan fingerprint density at radius 3 is 2.50 bits per heavy atom. The zero-order chi connectivity index (χ0) is 13.4. The highest BCUT2D eigenvalue weighted by Crippen LogP contribution is 2.12. The van der Waals surface area contributed by atoms with Gasteiger partial charge in [-0.3, -0.25) is 0 Å². The van der Waals surface area contributed by atoms with Crippen molar-refractivity contribution in [1.29, 1.82) is 5.26 Å².